The highest BCUT2D eigenvalue weighted by Gasteiger charge is 2.29. The van der Waals surface area contributed by atoms with Crippen LogP contribution in [-0.4, -0.2) is 55.0 Å². The zero-order chi connectivity index (χ0) is 17.6. The van der Waals surface area contributed by atoms with Crippen LogP contribution in [0.1, 0.15) is 38.7 Å². The van der Waals surface area contributed by atoms with Crippen molar-refractivity contribution >= 4 is 6.03 Å². The van der Waals surface area contributed by atoms with Crippen molar-refractivity contribution in [2.24, 2.45) is 0 Å². The molecule has 2 saturated heterocycles. The highest BCUT2D eigenvalue weighted by atomic mass is 16.5. The number of benzene rings is 1. The Hall–Kier alpha value is -1.59. The minimum Gasteiger partial charge on any atom is -0.375 e. The van der Waals surface area contributed by atoms with E-state index in [2.05, 4.69) is 43.4 Å². The molecule has 5 nitrogen and oxygen atoms in total. The summed E-state index contributed by atoms with van der Waals surface area (Å²) >= 11 is 0. The van der Waals surface area contributed by atoms with E-state index in [9.17, 15) is 4.79 Å². The first-order valence-electron chi connectivity index (χ1n) is 9.46. The number of hydrogen-bond acceptors (Lipinski definition) is 3. The predicted molar refractivity (Wildman–Crippen MR) is 97.6 cm³/mol. The fourth-order valence-corrected chi connectivity index (χ4v) is 3.84. The molecule has 3 atom stereocenters. The number of hydrogen-bond donors (Lipinski definition) is 1. The lowest BCUT2D eigenvalue weighted by molar-refractivity contribution is -0.0432. The van der Waals surface area contributed by atoms with E-state index in [4.69, 9.17) is 9.47 Å². The number of urea groups is 1. The minimum atomic E-state index is 0.0410. The van der Waals surface area contributed by atoms with Crippen LogP contribution in [0, 0.1) is 0 Å². The zero-order valence-electron chi connectivity index (χ0n) is 15.3. The molecule has 0 radical (unpaired) electrons. The Morgan fingerprint density at radius 2 is 1.92 bits per heavy atom. The average molecular weight is 346 g/mol. The molecule has 3 rings (SSSR count). The average Bonchev–Trinajstić information content (AvgIpc) is 2.60. The molecule has 2 fully saturated rings. The molecule has 0 aromatic heterocycles. The molecule has 138 valence electrons. The van der Waals surface area contributed by atoms with Gasteiger partial charge in [-0.15, -0.1) is 0 Å². The van der Waals surface area contributed by atoms with E-state index in [1.54, 1.807) is 0 Å². The Kier molecular flexibility index (Phi) is 6.32. The van der Waals surface area contributed by atoms with Crippen LogP contribution in [0.2, 0.25) is 0 Å². The standard InChI is InChI=1S/C20H30N2O3/c1-15-12-18(13-16(2)25-15)21-20(23)22-10-11-24-19(14-22)9-8-17-6-4-3-5-7-17/h3-7,15-16,18-19H,8-14H2,1-2H3,(H,21,23). The van der Waals surface area contributed by atoms with Gasteiger partial charge in [0.15, 0.2) is 0 Å². The first-order valence-corrected chi connectivity index (χ1v) is 9.46. The second-order valence-corrected chi connectivity index (χ2v) is 7.34. The Morgan fingerprint density at radius 3 is 2.64 bits per heavy atom. The Morgan fingerprint density at radius 1 is 1.20 bits per heavy atom. The van der Waals surface area contributed by atoms with E-state index in [0.29, 0.717) is 19.7 Å². The molecule has 1 aromatic carbocycles. The second kappa shape index (κ2) is 8.68. The first kappa shape index (κ1) is 18.2. The van der Waals surface area contributed by atoms with Crippen LogP contribution in [0.3, 0.4) is 0 Å². The molecule has 1 N–H and O–H groups in total. The molecule has 2 aliphatic heterocycles. The fourth-order valence-electron chi connectivity index (χ4n) is 3.84. The molecule has 25 heavy (non-hydrogen) atoms. The van der Waals surface area contributed by atoms with Crippen LogP contribution in [0.4, 0.5) is 4.79 Å². The number of amides is 2. The van der Waals surface area contributed by atoms with Gasteiger partial charge in [-0.05, 0) is 45.1 Å². The lowest BCUT2D eigenvalue weighted by Crippen LogP contribution is -2.53. The maximum atomic E-state index is 12.6. The summed E-state index contributed by atoms with van der Waals surface area (Å²) in [5.74, 6) is 0. The minimum absolute atomic E-state index is 0.0410. The Balaban J connectivity index is 1.46. The van der Waals surface area contributed by atoms with Crippen LogP contribution >= 0.6 is 0 Å². The monoisotopic (exact) mass is 346 g/mol. The van der Waals surface area contributed by atoms with Gasteiger partial charge in [-0.3, -0.25) is 0 Å². The number of rotatable bonds is 4. The van der Waals surface area contributed by atoms with E-state index in [1.165, 1.54) is 5.56 Å². The third-order valence-electron chi connectivity index (χ3n) is 5.05. The van der Waals surface area contributed by atoms with Crippen molar-refractivity contribution < 1.29 is 14.3 Å². The van der Waals surface area contributed by atoms with Gasteiger partial charge < -0.3 is 19.7 Å². The molecule has 2 heterocycles. The van der Waals surface area contributed by atoms with Crippen molar-refractivity contribution in [3.05, 3.63) is 35.9 Å². The molecule has 0 aliphatic carbocycles. The van der Waals surface area contributed by atoms with Crippen molar-refractivity contribution in [2.75, 3.05) is 19.7 Å². The molecular weight excluding hydrogens is 316 g/mol. The zero-order valence-corrected chi connectivity index (χ0v) is 15.3. The van der Waals surface area contributed by atoms with Crippen LogP contribution < -0.4 is 5.32 Å². The van der Waals surface area contributed by atoms with Gasteiger partial charge in [-0.2, -0.15) is 0 Å². The molecule has 3 unspecified atom stereocenters. The van der Waals surface area contributed by atoms with Crippen LogP contribution in [0.15, 0.2) is 30.3 Å². The van der Waals surface area contributed by atoms with Crippen molar-refractivity contribution in [3.63, 3.8) is 0 Å². The van der Waals surface area contributed by atoms with Gasteiger partial charge in [0.25, 0.3) is 0 Å². The summed E-state index contributed by atoms with van der Waals surface area (Å²) in [5, 5.41) is 3.20. The number of nitrogens with zero attached hydrogens (tertiary/aromatic N) is 1. The summed E-state index contributed by atoms with van der Waals surface area (Å²) in [4.78, 5) is 14.5. The lowest BCUT2D eigenvalue weighted by atomic mass is 10.00. The maximum Gasteiger partial charge on any atom is 0.317 e. The van der Waals surface area contributed by atoms with Gasteiger partial charge >= 0.3 is 6.03 Å². The van der Waals surface area contributed by atoms with Gasteiger partial charge in [0.05, 0.1) is 24.9 Å². The van der Waals surface area contributed by atoms with Gasteiger partial charge in [0.2, 0.25) is 0 Å². The maximum absolute atomic E-state index is 12.6. The number of ether oxygens (including phenoxy) is 2. The molecular formula is C20H30N2O3. The summed E-state index contributed by atoms with van der Waals surface area (Å²) in [5.41, 5.74) is 1.32. The Bertz CT molecular complexity index is 541. The van der Waals surface area contributed by atoms with Crippen molar-refractivity contribution in [3.8, 4) is 0 Å². The molecule has 2 amide bonds. The number of aryl methyl sites for hydroxylation is 1. The summed E-state index contributed by atoms with van der Waals surface area (Å²) in [6.45, 7) is 6.11. The summed E-state index contributed by atoms with van der Waals surface area (Å²) < 4.78 is 11.6. The van der Waals surface area contributed by atoms with E-state index >= 15 is 0 Å². The summed E-state index contributed by atoms with van der Waals surface area (Å²) in [7, 11) is 0. The quantitative estimate of drug-likeness (QED) is 0.912. The highest BCUT2D eigenvalue weighted by molar-refractivity contribution is 5.74. The molecule has 1 aromatic rings. The van der Waals surface area contributed by atoms with Gasteiger partial charge in [0.1, 0.15) is 0 Å². The van der Waals surface area contributed by atoms with Gasteiger partial charge in [-0.1, -0.05) is 30.3 Å². The SMILES string of the molecule is CC1CC(NC(=O)N2CCOC(CCc3ccccc3)C2)CC(C)O1. The number of morpholine rings is 1. The van der Waals surface area contributed by atoms with E-state index < -0.39 is 0 Å². The largest absolute Gasteiger partial charge is 0.375 e. The summed E-state index contributed by atoms with van der Waals surface area (Å²) in [6.07, 6.45) is 4.23. The molecule has 5 heteroatoms. The molecule has 2 aliphatic rings. The fraction of sp³-hybridized carbons (Fsp3) is 0.650. The first-order chi connectivity index (χ1) is 12.1. The highest BCUT2D eigenvalue weighted by Crippen LogP contribution is 2.20. The molecule has 0 bridgehead atoms. The van der Waals surface area contributed by atoms with Crippen LogP contribution in [-0.2, 0) is 15.9 Å². The van der Waals surface area contributed by atoms with Crippen molar-refractivity contribution in [2.45, 2.75) is 63.9 Å². The predicted octanol–water partition coefficient (Wildman–Crippen LogP) is 2.99. The lowest BCUT2D eigenvalue weighted by Gasteiger charge is -2.36. The van der Waals surface area contributed by atoms with Crippen LogP contribution in [0.25, 0.3) is 0 Å². The van der Waals surface area contributed by atoms with Gasteiger partial charge in [0, 0.05) is 19.1 Å². The van der Waals surface area contributed by atoms with Crippen molar-refractivity contribution in [1.29, 1.82) is 0 Å². The number of nitrogens with one attached hydrogen (secondary N) is 1. The van der Waals surface area contributed by atoms with Gasteiger partial charge in [-0.25, -0.2) is 4.79 Å². The summed E-state index contributed by atoms with van der Waals surface area (Å²) in [6, 6.07) is 10.7. The van der Waals surface area contributed by atoms with E-state index in [1.807, 2.05) is 11.0 Å². The second-order valence-electron chi connectivity index (χ2n) is 7.34. The van der Waals surface area contributed by atoms with E-state index in [-0.39, 0.29) is 30.4 Å². The van der Waals surface area contributed by atoms with Crippen molar-refractivity contribution in [1.82, 2.24) is 10.2 Å². The smallest absolute Gasteiger partial charge is 0.317 e. The third-order valence-corrected chi connectivity index (χ3v) is 5.05. The third kappa shape index (κ3) is 5.44. The number of carbonyl (C=O) groups is 1. The Labute approximate surface area is 150 Å². The number of carbonyl (C=O) groups excluding carboxylic acids is 1. The van der Waals surface area contributed by atoms with Crippen LogP contribution in [0.5, 0.6) is 0 Å². The molecule has 0 saturated carbocycles. The normalized spacial score (nSPS) is 30.1. The molecule has 0 spiro atoms. The topological polar surface area (TPSA) is 50.8 Å². The van der Waals surface area contributed by atoms with E-state index in [0.717, 1.165) is 25.7 Å².